The van der Waals surface area contributed by atoms with Crippen LogP contribution in [0.4, 0.5) is 0 Å². The van der Waals surface area contributed by atoms with E-state index >= 15 is 0 Å². The Hall–Kier alpha value is -2.85. The van der Waals surface area contributed by atoms with Gasteiger partial charge >= 0.3 is 0 Å². The minimum absolute atomic E-state index is 0.0967. The van der Waals surface area contributed by atoms with E-state index in [1.54, 1.807) is 0 Å². The predicted octanol–water partition coefficient (Wildman–Crippen LogP) is 4.86. The van der Waals surface area contributed by atoms with E-state index < -0.39 is 0 Å². The number of hydrogen-bond donors (Lipinski definition) is 1. The average molecular weight is 389 g/mol. The van der Waals surface area contributed by atoms with E-state index in [0.717, 1.165) is 59.1 Å². The third kappa shape index (κ3) is 4.28. The summed E-state index contributed by atoms with van der Waals surface area (Å²) in [7, 11) is 0. The molecule has 3 aromatic carbocycles. The first-order valence-electron chi connectivity index (χ1n) is 10.4. The zero-order valence-corrected chi connectivity index (χ0v) is 17.1. The van der Waals surface area contributed by atoms with Crippen LogP contribution in [0.15, 0.2) is 60.7 Å². The Balaban J connectivity index is 1.62. The van der Waals surface area contributed by atoms with E-state index in [9.17, 15) is 4.79 Å². The number of likely N-dealkylation sites (tertiary alicyclic amines) is 1. The second-order valence-electron chi connectivity index (χ2n) is 8.06. The zero-order valence-electron chi connectivity index (χ0n) is 17.1. The molecular formula is C25H28N2O2. The van der Waals surface area contributed by atoms with Gasteiger partial charge in [0.25, 0.3) is 5.91 Å². The molecular weight excluding hydrogens is 360 g/mol. The highest BCUT2D eigenvalue weighted by atomic mass is 16.5. The molecule has 0 radical (unpaired) electrons. The van der Waals surface area contributed by atoms with Gasteiger partial charge in [0.1, 0.15) is 5.75 Å². The maximum absolute atomic E-state index is 12.9. The standard InChI is InChI=1S/C25H28N2O2/c1-17(2)29-22-9-6-18(7-10-22)23-5-3-4-19-16-20(8-11-24(19)23)25(28)27-14-12-21(26)13-15-27/h3-11,16-17,21H,12-15,26H2,1-2H3. The molecule has 150 valence electrons. The molecule has 0 atom stereocenters. The molecule has 4 rings (SSSR count). The van der Waals surface area contributed by atoms with Crippen LogP contribution in [-0.4, -0.2) is 36.0 Å². The zero-order chi connectivity index (χ0) is 20.4. The van der Waals surface area contributed by atoms with E-state index in [2.05, 4.69) is 30.3 Å². The largest absolute Gasteiger partial charge is 0.491 e. The molecule has 1 saturated heterocycles. The van der Waals surface area contributed by atoms with Crippen LogP contribution < -0.4 is 10.5 Å². The van der Waals surface area contributed by atoms with Gasteiger partial charge in [0.05, 0.1) is 6.10 Å². The monoisotopic (exact) mass is 388 g/mol. The lowest BCUT2D eigenvalue weighted by Crippen LogP contribution is -2.42. The molecule has 1 heterocycles. The number of carbonyl (C=O) groups excluding carboxylic acids is 1. The summed E-state index contributed by atoms with van der Waals surface area (Å²) in [5.74, 6) is 0.970. The number of nitrogens with two attached hydrogens (primary N) is 1. The van der Waals surface area contributed by atoms with Crippen LogP contribution >= 0.6 is 0 Å². The summed E-state index contributed by atoms with van der Waals surface area (Å²) in [5, 5.41) is 2.21. The average Bonchev–Trinajstić information content (AvgIpc) is 2.73. The quantitative estimate of drug-likeness (QED) is 0.695. The summed E-state index contributed by atoms with van der Waals surface area (Å²) in [6.07, 6.45) is 1.91. The number of piperidine rings is 1. The van der Waals surface area contributed by atoms with Gasteiger partial charge in [-0.15, -0.1) is 0 Å². The highest BCUT2D eigenvalue weighted by Crippen LogP contribution is 2.31. The molecule has 4 nitrogen and oxygen atoms in total. The number of hydrogen-bond acceptors (Lipinski definition) is 3. The van der Waals surface area contributed by atoms with Crippen molar-refractivity contribution < 1.29 is 9.53 Å². The minimum Gasteiger partial charge on any atom is -0.491 e. The van der Waals surface area contributed by atoms with E-state index in [4.69, 9.17) is 10.5 Å². The molecule has 4 heteroatoms. The fourth-order valence-electron chi connectivity index (χ4n) is 3.94. The number of benzene rings is 3. The maximum Gasteiger partial charge on any atom is 0.253 e. The van der Waals surface area contributed by atoms with Crippen molar-refractivity contribution in [3.63, 3.8) is 0 Å². The number of ether oxygens (including phenoxy) is 1. The van der Waals surface area contributed by atoms with Crippen molar-refractivity contribution in [2.75, 3.05) is 13.1 Å². The molecule has 0 bridgehead atoms. The molecule has 0 aliphatic carbocycles. The molecule has 0 saturated carbocycles. The number of carbonyl (C=O) groups is 1. The second-order valence-corrected chi connectivity index (χ2v) is 8.06. The van der Waals surface area contributed by atoms with Gasteiger partial charge in [-0.3, -0.25) is 4.79 Å². The first-order chi connectivity index (χ1) is 14.0. The van der Waals surface area contributed by atoms with Crippen molar-refractivity contribution >= 4 is 16.7 Å². The van der Waals surface area contributed by atoms with Crippen LogP contribution in [0.1, 0.15) is 37.0 Å². The summed E-state index contributed by atoms with van der Waals surface area (Å²) in [4.78, 5) is 14.8. The van der Waals surface area contributed by atoms with Crippen molar-refractivity contribution in [3.05, 3.63) is 66.2 Å². The molecule has 2 N–H and O–H groups in total. The van der Waals surface area contributed by atoms with Crippen LogP contribution in [0.2, 0.25) is 0 Å². The number of amides is 1. The molecule has 1 aliphatic rings. The van der Waals surface area contributed by atoms with Crippen molar-refractivity contribution in [1.29, 1.82) is 0 Å². The Bertz CT molecular complexity index is 1000. The molecule has 0 aromatic heterocycles. The molecule has 0 spiro atoms. The molecule has 1 amide bonds. The van der Waals surface area contributed by atoms with E-state index in [-0.39, 0.29) is 18.1 Å². The van der Waals surface area contributed by atoms with Crippen LogP contribution in [-0.2, 0) is 0 Å². The van der Waals surface area contributed by atoms with Gasteiger partial charge in [0.15, 0.2) is 0 Å². The fourth-order valence-corrected chi connectivity index (χ4v) is 3.94. The molecule has 1 fully saturated rings. The van der Waals surface area contributed by atoms with Crippen LogP contribution in [0.25, 0.3) is 21.9 Å². The minimum atomic E-state index is 0.0967. The smallest absolute Gasteiger partial charge is 0.253 e. The van der Waals surface area contributed by atoms with Crippen molar-refractivity contribution in [3.8, 4) is 16.9 Å². The first-order valence-corrected chi connectivity index (χ1v) is 10.4. The normalized spacial score (nSPS) is 15.1. The Morgan fingerprint density at radius 3 is 2.45 bits per heavy atom. The van der Waals surface area contributed by atoms with E-state index in [0.29, 0.717) is 0 Å². The second kappa shape index (κ2) is 8.26. The Kier molecular flexibility index (Phi) is 5.54. The SMILES string of the molecule is CC(C)Oc1ccc(-c2cccc3cc(C(=O)N4CCC(N)CC4)ccc23)cc1. The van der Waals surface area contributed by atoms with E-state index in [1.165, 1.54) is 0 Å². The number of rotatable bonds is 4. The lowest BCUT2D eigenvalue weighted by atomic mass is 9.96. The Labute approximate surface area is 172 Å². The van der Waals surface area contributed by atoms with Gasteiger partial charge in [-0.2, -0.15) is 0 Å². The Morgan fingerprint density at radius 1 is 1.03 bits per heavy atom. The first kappa shape index (κ1) is 19.5. The summed E-state index contributed by atoms with van der Waals surface area (Å²) in [6.45, 7) is 5.53. The van der Waals surface area contributed by atoms with Crippen molar-refractivity contribution in [1.82, 2.24) is 4.90 Å². The summed E-state index contributed by atoms with van der Waals surface area (Å²) >= 11 is 0. The van der Waals surface area contributed by atoms with Crippen LogP contribution in [0, 0.1) is 0 Å². The predicted molar refractivity (Wildman–Crippen MR) is 118 cm³/mol. The van der Waals surface area contributed by atoms with Gasteiger partial charge in [-0.05, 0) is 72.9 Å². The third-order valence-corrected chi connectivity index (χ3v) is 5.49. The van der Waals surface area contributed by atoms with Gasteiger partial charge in [0.2, 0.25) is 0 Å². The molecule has 1 aliphatic heterocycles. The highest BCUT2D eigenvalue weighted by molar-refractivity contribution is 6.02. The summed E-state index contributed by atoms with van der Waals surface area (Å²) in [5.41, 5.74) is 9.00. The van der Waals surface area contributed by atoms with Crippen molar-refractivity contribution in [2.24, 2.45) is 5.73 Å². The Morgan fingerprint density at radius 2 is 1.76 bits per heavy atom. The summed E-state index contributed by atoms with van der Waals surface area (Å²) < 4.78 is 5.75. The third-order valence-electron chi connectivity index (χ3n) is 5.49. The lowest BCUT2D eigenvalue weighted by molar-refractivity contribution is 0.0715. The van der Waals surface area contributed by atoms with Gasteiger partial charge < -0.3 is 15.4 Å². The number of fused-ring (bicyclic) bond motifs is 1. The lowest BCUT2D eigenvalue weighted by Gasteiger charge is -2.30. The van der Waals surface area contributed by atoms with Crippen LogP contribution in [0.3, 0.4) is 0 Å². The van der Waals surface area contributed by atoms with Crippen molar-refractivity contribution in [2.45, 2.75) is 38.8 Å². The van der Waals surface area contributed by atoms with Crippen LogP contribution in [0.5, 0.6) is 5.75 Å². The topological polar surface area (TPSA) is 55.6 Å². The molecule has 0 unspecified atom stereocenters. The number of nitrogens with zero attached hydrogens (tertiary/aromatic N) is 1. The maximum atomic E-state index is 12.9. The highest BCUT2D eigenvalue weighted by Gasteiger charge is 2.22. The van der Waals surface area contributed by atoms with Gasteiger partial charge in [-0.25, -0.2) is 0 Å². The fraction of sp³-hybridized carbons (Fsp3) is 0.320. The summed E-state index contributed by atoms with van der Waals surface area (Å²) in [6, 6.07) is 20.6. The molecule has 29 heavy (non-hydrogen) atoms. The van der Waals surface area contributed by atoms with Gasteiger partial charge in [0, 0.05) is 24.7 Å². The van der Waals surface area contributed by atoms with E-state index in [1.807, 2.05) is 49.1 Å². The van der Waals surface area contributed by atoms with Gasteiger partial charge in [-0.1, -0.05) is 36.4 Å². The molecule has 3 aromatic rings.